The van der Waals surface area contributed by atoms with Gasteiger partial charge >= 0.3 is 0 Å². The van der Waals surface area contributed by atoms with Crippen LogP contribution in [0.3, 0.4) is 0 Å². The number of halogens is 6. The lowest BCUT2D eigenvalue weighted by Gasteiger charge is -2.12. The monoisotopic (exact) mass is 308 g/mol. The van der Waals surface area contributed by atoms with Crippen LogP contribution in [-0.2, 0) is 0 Å². The highest BCUT2D eigenvalue weighted by atomic mass is 35.5. The topological polar surface area (TPSA) is 24.1 Å². The van der Waals surface area contributed by atoms with Gasteiger partial charge in [-0.25, -0.2) is 22.0 Å². The standard InChI is InChI=1S/C12H6ClF5N2/c13-5-2-1-3-6(4-5)19-20-12-10(17)8(15)7(14)9(16)11(12)18/h1-4,19-20H. The molecule has 2 rings (SSSR count). The lowest BCUT2D eigenvalue weighted by atomic mass is 10.2. The minimum atomic E-state index is -2.21. The predicted octanol–water partition coefficient (Wildman–Crippen LogP) is 4.47. The molecule has 2 N–H and O–H groups in total. The second kappa shape index (κ2) is 5.54. The second-order valence-corrected chi connectivity index (χ2v) is 4.14. The van der Waals surface area contributed by atoms with E-state index >= 15 is 0 Å². The Labute approximate surface area is 115 Å². The van der Waals surface area contributed by atoms with E-state index in [-0.39, 0.29) is 5.69 Å². The van der Waals surface area contributed by atoms with Gasteiger partial charge in [-0.3, -0.25) is 5.43 Å². The molecule has 0 aliphatic rings. The van der Waals surface area contributed by atoms with E-state index in [4.69, 9.17) is 11.6 Å². The average Bonchev–Trinajstić information content (AvgIpc) is 2.43. The molecule has 2 aromatic rings. The summed E-state index contributed by atoms with van der Waals surface area (Å²) in [6, 6.07) is 5.95. The molecule has 0 spiro atoms. The van der Waals surface area contributed by atoms with Crippen molar-refractivity contribution in [3.63, 3.8) is 0 Å². The Morgan fingerprint density at radius 1 is 0.750 bits per heavy atom. The van der Waals surface area contributed by atoms with Crippen molar-refractivity contribution in [2.45, 2.75) is 0 Å². The molecule has 0 saturated carbocycles. The van der Waals surface area contributed by atoms with Gasteiger partial charge in [0.2, 0.25) is 5.82 Å². The van der Waals surface area contributed by atoms with Gasteiger partial charge in [-0.15, -0.1) is 0 Å². The van der Waals surface area contributed by atoms with Crippen LogP contribution in [0.5, 0.6) is 0 Å². The highest BCUT2D eigenvalue weighted by Crippen LogP contribution is 2.27. The number of nitrogens with one attached hydrogen (secondary N) is 2. The number of hydrogen-bond acceptors (Lipinski definition) is 2. The molecule has 20 heavy (non-hydrogen) atoms. The zero-order valence-electron chi connectivity index (χ0n) is 9.58. The van der Waals surface area contributed by atoms with E-state index in [0.717, 1.165) is 0 Å². The fourth-order valence-corrected chi connectivity index (χ4v) is 1.61. The fraction of sp³-hybridized carbons (Fsp3) is 0. The molecule has 0 unspecified atom stereocenters. The molecule has 0 heterocycles. The van der Waals surface area contributed by atoms with Crippen molar-refractivity contribution in [1.29, 1.82) is 0 Å². The summed E-state index contributed by atoms with van der Waals surface area (Å²) in [6.07, 6.45) is 0. The molecule has 2 aromatic carbocycles. The normalized spacial score (nSPS) is 10.5. The van der Waals surface area contributed by atoms with Crippen molar-refractivity contribution < 1.29 is 22.0 Å². The van der Waals surface area contributed by atoms with Crippen LogP contribution in [0.4, 0.5) is 33.3 Å². The van der Waals surface area contributed by atoms with Gasteiger partial charge in [-0.05, 0) is 18.2 Å². The van der Waals surface area contributed by atoms with Gasteiger partial charge in [0.05, 0.1) is 5.69 Å². The van der Waals surface area contributed by atoms with Crippen molar-refractivity contribution in [3.8, 4) is 0 Å². The lowest BCUT2D eigenvalue weighted by molar-refractivity contribution is 0.381. The maximum absolute atomic E-state index is 13.3. The van der Waals surface area contributed by atoms with E-state index in [9.17, 15) is 22.0 Å². The van der Waals surface area contributed by atoms with E-state index in [0.29, 0.717) is 5.02 Å². The van der Waals surface area contributed by atoms with E-state index in [1.807, 2.05) is 5.43 Å². The highest BCUT2D eigenvalue weighted by molar-refractivity contribution is 6.30. The third-order valence-corrected chi connectivity index (χ3v) is 2.60. The molecule has 0 fully saturated rings. The number of benzene rings is 2. The molecule has 0 radical (unpaired) electrons. The van der Waals surface area contributed by atoms with Crippen molar-refractivity contribution in [1.82, 2.24) is 0 Å². The maximum atomic E-state index is 13.3. The van der Waals surface area contributed by atoms with Crippen molar-refractivity contribution in [2.24, 2.45) is 0 Å². The van der Waals surface area contributed by atoms with E-state index < -0.39 is 34.8 Å². The predicted molar refractivity (Wildman–Crippen MR) is 64.9 cm³/mol. The fourth-order valence-electron chi connectivity index (χ4n) is 1.42. The van der Waals surface area contributed by atoms with Crippen LogP contribution in [0.15, 0.2) is 24.3 Å². The Balaban J connectivity index is 2.30. The smallest absolute Gasteiger partial charge is 0.200 e. The third kappa shape index (κ3) is 2.62. The Morgan fingerprint density at radius 3 is 1.85 bits per heavy atom. The van der Waals surface area contributed by atoms with Crippen LogP contribution in [0.2, 0.25) is 5.02 Å². The molecule has 0 saturated heterocycles. The molecule has 0 aliphatic carbocycles. The van der Waals surface area contributed by atoms with Gasteiger partial charge in [0.25, 0.3) is 0 Å². The first-order valence-electron chi connectivity index (χ1n) is 5.21. The van der Waals surface area contributed by atoms with Crippen LogP contribution in [0, 0.1) is 29.1 Å². The minimum Gasteiger partial charge on any atom is -0.301 e. The first kappa shape index (κ1) is 14.4. The first-order chi connectivity index (χ1) is 9.41. The van der Waals surface area contributed by atoms with Crippen molar-refractivity contribution >= 4 is 23.0 Å². The Bertz CT molecular complexity index is 634. The van der Waals surface area contributed by atoms with Crippen molar-refractivity contribution in [2.75, 3.05) is 10.9 Å². The van der Waals surface area contributed by atoms with Crippen molar-refractivity contribution in [3.05, 3.63) is 58.4 Å². The van der Waals surface area contributed by atoms with E-state index in [1.54, 1.807) is 6.07 Å². The third-order valence-electron chi connectivity index (χ3n) is 2.37. The lowest BCUT2D eigenvalue weighted by Crippen LogP contribution is -2.15. The molecule has 0 atom stereocenters. The zero-order chi connectivity index (χ0) is 14.9. The van der Waals surface area contributed by atoms with Gasteiger partial charge in [0.1, 0.15) is 5.69 Å². The molecular weight excluding hydrogens is 303 g/mol. The average molecular weight is 309 g/mol. The van der Waals surface area contributed by atoms with Gasteiger partial charge < -0.3 is 5.43 Å². The van der Waals surface area contributed by atoms with Gasteiger partial charge in [0.15, 0.2) is 23.3 Å². The number of hydrazine groups is 1. The summed E-state index contributed by atoms with van der Waals surface area (Å²) in [4.78, 5) is 0. The molecule has 0 aliphatic heterocycles. The number of hydrogen-bond donors (Lipinski definition) is 2. The van der Waals surface area contributed by atoms with Crippen LogP contribution >= 0.6 is 11.6 Å². The number of anilines is 2. The summed E-state index contributed by atoms with van der Waals surface area (Å²) >= 11 is 5.67. The number of rotatable bonds is 3. The molecule has 8 heteroatoms. The maximum Gasteiger partial charge on any atom is 0.200 e. The molecule has 0 amide bonds. The van der Waals surface area contributed by atoms with Crippen LogP contribution in [0.1, 0.15) is 0 Å². The Morgan fingerprint density at radius 2 is 1.30 bits per heavy atom. The summed E-state index contributed by atoms with van der Waals surface area (Å²) in [6.45, 7) is 0. The first-order valence-corrected chi connectivity index (χ1v) is 5.58. The van der Waals surface area contributed by atoms with Gasteiger partial charge in [0, 0.05) is 5.02 Å². The summed E-state index contributed by atoms with van der Waals surface area (Å²) in [7, 11) is 0. The molecular formula is C12H6ClF5N2. The zero-order valence-corrected chi connectivity index (χ0v) is 10.3. The van der Waals surface area contributed by atoms with E-state index in [2.05, 4.69) is 5.43 Å². The second-order valence-electron chi connectivity index (χ2n) is 3.71. The van der Waals surface area contributed by atoms with E-state index in [1.165, 1.54) is 18.2 Å². The van der Waals surface area contributed by atoms with Crippen LogP contribution in [0.25, 0.3) is 0 Å². The summed E-state index contributed by atoms with van der Waals surface area (Å²) in [5.41, 5.74) is 3.32. The van der Waals surface area contributed by atoms with Crippen LogP contribution in [-0.4, -0.2) is 0 Å². The Hall–Kier alpha value is -2.02. The summed E-state index contributed by atoms with van der Waals surface area (Å²) < 4.78 is 65.4. The summed E-state index contributed by atoms with van der Waals surface area (Å²) in [5.74, 6) is -10.2. The molecule has 106 valence electrons. The largest absolute Gasteiger partial charge is 0.301 e. The Kier molecular flexibility index (Phi) is 3.99. The summed E-state index contributed by atoms with van der Waals surface area (Å²) in [5, 5.41) is 0.328. The molecule has 0 bridgehead atoms. The highest BCUT2D eigenvalue weighted by Gasteiger charge is 2.25. The minimum absolute atomic E-state index is 0.279. The quantitative estimate of drug-likeness (QED) is 0.378. The molecule has 2 nitrogen and oxygen atoms in total. The van der Waals surface area contributed by atoms with Gasteiger partial charge in [-0.2, -0.15) is 0 Å². The van der Waals surface area contributed by atoms with Crippen LogP contribution < -0.4 is 10.9 Å². The van der Waals surface area contributed by atoms with Gasteiger partial charge in [-0.1, -0.05) is 17.7 Å². The molecule has 0 aromatic heterocycles. The SMILES string of the molecule is Fc1c(F)c(F)c(NNc2cccc(Cl)c2)c(F)c1F.